The standard InChI is InChI=1S/C27H25BrN2O3/c1-16-7-6-8-23(13-16)29-17(2)14-20(18(29)3)15-24-25(27(32)33-5)19(4)30(26(24)31)22-11-9-21(28)10-12-22/h6-15H,1-5H3/b24-15-. The van der Waals surface area contributed by atoms with E-state index in [4.69, 9.17) is 4.74 Å². The molecule has 4 rings (SSSR count). The maximum Gasteiger partial charge on any atom is 0.340 e. The van der Waals surface area contributed by atoms with Crippen molar-refractivity contribution >= 4 is 39.6 Å². The Kier molecular flexibility index (Phi) is 6.13. The van der Waals surface area contributed by atoms with Gasteiger partial charge in [-0.25, -0.2) is 4.79 Å². The molecule has 1 amide bonds. The molecule has 2 aromatic carbocycles. The lowest BCUT2D eigenvalue weighted by Gasteiger charge is -2.18. The number of benzene rings is 2. The number of halogens is 1. The second-order valence-electron chi connectivity index (χ2n) is 8.13. The van der Waals surface area contributed by atoms with E-state index >= 15 is 0 Å². The van der Waals surface area contributed by atoms with Gasteiger partial charge in [0, 0.05) is 32.9 Å². The average molecular weight is 505 g/mol. The van der Waals surface area contributed by atoms with E-state index in [2.05, 4.69) is 45.6 Å². The molecule has 6 heteroatoms. The van der Waals surface area contributed by atoms with Gasteiger partial charge in [-0.1, -0.05) is 28.1 Å². The van der Waals surface area contributed by atoms with Crippen molar-refractivity contribution in [2.45, 2.75) is 27.7 Å². The fourth-order valence-corrected chi connectivity index (χ4v) is 4.60. The quantitative estimate of drug-likeness (QED) is 0.321. The largest absolute Gasteiger partial charge is 0.465 e. The zero-order valence-electron chi connectivity index (χ0n) is 19.3. The lowest BCUT2D eigenvalue weighted by molar-refractivity contribution is -0.136. The molecular formula is C27H25BrN2O3. The summed E-state index contributed by atoms with van der Waals surface area (Å²) in [6, 6.07) is 17.7. The van der Waals surface area contributed by atoms with Crippen LogP contribution in [-0.2, 0) is 14.3 Å². The van der Waals surface area contributed by atoms with Gasteiger partial charge in [-0.2, -0.15) is 0 Å². The third kappa shape index (κ3) is 4.07. The number of hydrogen-bond donors (Lipinski definition) is 0. The summed E-state index contributed by atoms with van der Waals surface area (Å²) in [5.41, 5.74) is 6.99. The Labute approximate surface area is 202 Å². The molecule has 0 radical (unpaired) electrons. The summed E-state index contributed by atoms with van der Waals surface area (Å²) in [4.78, 5) is 27.8. The second kappa shape index (κ2) is 8.87. The molecular weight excluding hydrogens is 480 g/mol. The molecule has 168 valence electrons. The van der Waals surface area contributed by atoms with Gasteiger partial charge in [0.2, 0.25) is 0 Å². The van der Waals surface area contributed by atoms with Gasteiger partial charge < -0.3 is 9.30 Å². The van der Waals surface area contributed by atoms with Crippen molar-refractivity contribution in [2.24, 2.45) is 0 Å². The van der Waals surface area contributed by atoms with E-state index < -0.39 is 5.97 Å². The van der Waals surface area contributed by atoms with Crippen LogP contribution in [0.3, 0.4) is 0 Å². The van der Waals surface area contributed by atoms with Crippen molar-refractivity contribution < 1.29 is 14.3 Å². The van der Waals surface area contributed by atoms with Crippen molar-refractivity contribution in [3.05, 3.63) is 98.4 Å². The minimum atomic E-state index is -0.529. The van der Waals surface area contributed by atoms with Gasteiger partial charge >= 0.3 is 5.97 Å². The third-order valence-corrected chi connectivity index (χ3v) is 6.43. The number of carbonyl (C=O) groups is 2. The summed E-state index contributed by atoms with van der Waals surface area (Å²) >= 11 is 3.42. The molecule has 0 bridgehead atoms. The number of nitrogens with zero attached hydrogens (tertiary/aromatic N) is 2. The van der Waals surface area contributed by atoms with Crippen molar-refractivity contribution in [3.8, 4) is 5.69 Å². The van der Waals surface area contributed by atoms with E-state index in [1.165, 1.54) is 12.7 Å². The predicted molar refractivity (Wildman–Crippen MR) is 134 cm³/mol. The first kappa shape index (κ1) is 22.8. The van der Waals surface area contributed by atoms with Gasteiger partial charge in [-0.05, 0) is 87.4 Å². The van der Waals surface area contributed by atoms with E-state index in [0.717, 1.165) is 27.1 Å². The Morgan fingerprint density at radius 1 is 0.970 bits per heavy atom. The maximum atomic E-state index is 13.5. The molecule has 1 aliphatic rings. The fraction of sp³-hybridized carbons (Fsp3) is 0.185. The van der Waals surface area contributed by atoms with E-state index in [0.29, 0.717) is 17.0 Å². The van der Waals surface area contributed by atoms with Crippen LogP contribution in [0, 0.1) is 20.8 Å². The van der Waals surface area contributed by atoms with Crippen LogP contribution < -0.4 is 4.90 Å². The first-order valence-electron chi connectivity index (χ1n) is 10.6. The van der Waals surface area contributed by atoms with Gasteiger partial charge in [0.05, 0.1) is 18.3 Å². The van der Waals surface area contributed by atoms with Crippen LogP contribution in [0.5, 0.6) is 0 Å². The summed E-state index contributed by atoms with van der Waals surface area (Å²) in [6.07, 6.45) is 1.80. The summed E-state index contributed by atoms with van der Waals surface area (Å²) in [5.74, 6) is -0.783. The van der Waals surface area contributed by atoms with Crippen LogP contribution in [0.4, 0.5) is 5.69 Å². The molecule has 0 N–H and O–H groups in total. The zero-order valence-corrected chi connectivity index (χ0v) is 20.9. The van der Waals surface area contributed by atoms with Crippen molar-refractivity contribution in [1.82, 2.24) is 4.57 Å². The Hall–Kier alpha value is -3.38. The van der Waals surface area contributed by atoms with Crippen LogP contribution in [0.1, 0.15) is 29.4 Å². The minimum Gasteiger partial charge on any atom is -0.465 e. The molecule has 0 fully saturated rings. The fourth-order valence-electron chi connectivity index (χ4n) is 4.33. The Balaban J connectivity index is 1.85. The molecule has 2 heterocycles. The number of esters is 1. The van der Waals surface area contributed by atoms with Crippen molar-refractivity contribution in [3.63, 3.8) is 0 Å². The molecule has 1 aliphatic heterocycles. The summed E-state index contributed by atoms with van der Waals surface area (Å²) in [6.45, 7) is 7.88. The van der Waals surface area contributed by atoms with Gasteiger partial charge in [-0.15, -0.1) is 0 Å². The number of hydrogen-bond acceptors (Lipinski definition) is 3. The summed E-state index contributed by atoms with van der Waals surface area (Å²) < 4.78 is 8.10. The SMILES string of the molecule is COC(=O)C1=C(C)N(c2ccc(Br)cc2)C(=O)/C1=C\c1cc(C)n(-c2cccc(C)c2)c1C. The van der Waals surface area contributed by atoms with Crippen LogP contribution in [0.25, 0.3) is 11.8 Å². The number of amides is 1. The summed E-state index contributed by atoms with van der Waals surface area (Å²) in [7, 11) is 1.33. The number of aromatic nitrogens is 1. The average Bonchev–Trinajstić information content (AvgIpc) is 3.20. The smallest absolute Gasteiger partial charge is 0.340 e. The van der Waals surface area contributed by atoms with E-state index in [9.17, 15) is 9.59 Å². The number of rotatable bonds is 4. The highest BCUT2D eigenvalue weighted by atomic mass is 79.9. The predicted octanol–water partition coefficient (Wildman–Crippen LogP) is 6.04. The Morgan fingerprint density at radius 2 is 1.67 bits per heavy atom. The first-order chi connectivity index (χ1) is 15.7. The molecule has 1 aromatic heterocycles. The minimum absolute atomic E-state index is 0.254. The third-order valence-electron chi connectivity index (χ3n) is 5.90. The molecule has 0 atom stereocenters. The summed E-state index contributed by atoms with van der Waals surface area (Å²) in [5, 5.41) is 0. The van der Waals surface area contributed by atoms with E-state index in [-0.39, 0.29) is 11.5 Å². The molecule has 0 spiro atoms. The van der Waals surface area contributed by atoms with Crippen molar-refractivity contribution in [1.29, 1.82) is 0 Å². The molecule has 0 unspecified atom stereocenters. The number of aryl methyl sites for hydroxylation is 2. The molecule has 0 aliphatic carbocycles. The monoisotopic (exact) mass is 504 g/mol. The van der Waals surface area contributed by atoms with Crippen LogP contribution in [0.2, 0.25) is 0 Å². The number of carbonyl (C=O) groups excluding carboxylic acids is 2. The highest BCUT2D eigenvalue weighted by Gasteiger charge is 2.38. The van der Waals surface area contributed by atoms with Gasteiger partial charge in [0.1, 0.15) is 0 Å². The van der Waals surface area contributed by atoms with Crippen LogP contribution in [-0.4, -0.2) is 23.6 Å². The number of ether oxygens (including phenoxy) is 1. The molecule has 0 saturated heterocycles. The zero-order chi connectivity index (χ0) is 23.9. The number of allylic oxidation sites excluding steroid dienone is 1. The normalized spacial score (nSPS) is 15.0. The highest BCUT2D eigenvalue weighted by Crippen LogP contribution is 2.36. The molecule has 5 nitrogen and oxygen atoms in total. The van der Waals surface area contributed by atoms with Crippen LogP contribution >= 0.6 is 15.9 Å². The van der Waals surface area contributed by atoms with Gasteiger partial charge in [-0.3, -0.25) is 9.69 Å². The second-order valence-corrected chi connectivity index (χ2v) is 9.04. The first-order valence-corrected chi connectivity index (χ1v) is 11.4. The lowest BCUT2D eigenvalue weighted by atomic mass is 10.0. The Bertz CT molecular complexity index is 1330. The lowest BCUT2D eigenvalue weighted by Crippen LogP contribution is -2.24. The number of anilines is 1. The molecule has 33 heavy (non-hydrogen) atoms. The van der Waals surface area contributed by atoms with E-state index in [1.807, 2.05) is 50.2 Å². The van der Waals surface area contributed by atoms with Crippen molar-refractivity contribution in [2.75, 3.05) is 12.0 Å². The topological polar surface area (TPSA) is 51.5 Å². The van der Waals surface area contributed by atoms with E-state index in [1.54, 1.807) is 17.9 Å². The highest BCUT2D eigenvalue weighted by molar-refractivity contribution is 9.10. The maximum absolute atomic E-state index is 13.5. The molecule has 3 aromatic rings. The van der Waals surface area contributed by atoms with Gasteiger partial charge in [0.25, 0.3) is 5.91 Å². The van der Waals surface area contributed by atoms with Gasteiger partial charge in [0.15, 0.2) is 0 Å². The number of methoxy groups -OCH3 is 1. The van der Waals surface area contributed by atoms with Crippen LogP contribution in [0.15, 0.2) is 75.9 Å². The Morgan fingerprint density at radius 3 is 2.30 bits per heavy atom. The molecule has 0 saturated carbocycles.